The molecule has 0 fully saturated rings. The first-order chi connectivity index (χ1) is 10.1. The Labute approximate surface area is 125 Å². The molecule has 0 saturated carbocycles. The molecule has 1 aromatic carbocycles. The Morgan fingerprint density at radius 3 is 2.90 bits per heavy atom. The molecule has 0 saturated heterocycles. The van der Waals surface area contributed by atoms with Gasteiger partial charge >= 0.3 is 0 Å². The molecule has 1 atom stereocenters. The number of fused-ring (bicyclic) bond motifs is 1. The Morgan fingerprint density at radius 2 is 2.10 bits per heavy atom. The predicted molar refractivity (Wildman–Crippen MR) is 83.4 cm³/mol. The summed E-state index contributed by atoms with van der Waals surface area (Å²) in [4.78, 5) is 18.7. The molecule has 3 rings (SSSR count). The number of nitrogens with one attached hydrogen (secondary N) is 1. The van der Waals surface area contributed by atoms with Crippen molar-refractivity contribution in [3.05, 3.63) is 58.4 Å². The summed E-state index contributed by atoms with van der Waals surface area (Å²) in [6, 6.07) is 9.46. The lowest BCUT2D eigenvalue weighted by Gasteiger charge is -2.11. The van der Waals surface area contributed by atoms with Gasteiger partial charge in [-0.25, -0.2) is 4.98 Å². The molecule has 0 unspecified atom stereocenters. The van der Waals surface area contributed by atoms with Crippen molar-refractivity contribution >= 4 is 22.5 Å². The number of nitrogens with zero attached hydrogens (tertiary/aromatic N) is 3. The molecule has 106 valence electrons. The first-order valence-corrected chi connectivity index (χ1v) is 7.46. The van der Waals surface area contributed by atoms with Crippen LogP contribution in [0.1, 0.15) is 23.7 Å². The van der Waals surface area contributed by atoms with Crippen molar-refractivity contribution in [3.8, 4) is 0 Å². The van der Waals surface area contributed by atoms with Crippen molar-refractivity contribution < 1.29 is 0 Å². The average Bonchev–Trinajstić information content (AvgIpc) is 2.46. The van der Waals surface area contributed by atoms with E-state index in [1.54, 1.807) is 6.20 Å². The quantitative estimate of drug-likeness (QED) is 0.753. The van der Waals surface area contributed by atoms with Crippen LogP contribution in [0, 0.1) is 6.92 Å². The fourth-order valence-electron chi connectivity index (χ4n) is 2.11. The largest absolute Gasteiger partial charge is 0.310 e. The minimum atomic E-state index is -0.131. The Morgan fingerprint density at radius 1 is 1.29 bits per heavy atom. The van der Waals surface area contributed by atoms with Gasteiger partial charge in [0, 0.05) is 22.5 Å². The molecule has 0 aliphatic carbocycles. The van der Waals surface area contributed by atoms with Gasteiger partial charge in [0.15, 0.2) is 0 Å². The average molecular weight is 298 g/mol. The fraction of sp³-hybridized carbons (Fsp3) is 0.200. The van der Waals surface area contributed by atoms with E-state index in [9.17, 15) is 4.79 Å². The van der Waals surface area contributed by atoms with Gasteiger partial charge < -0.3 is 4.98 Å². The summed E-state index contributed by atoms with van der Waals surface area (Å²) in [5.74, 6) is 0.653. The van der Waals surface area contributed by atoms with Crippen LogP contribution >= 0.6 is 11.8 Å². The van der Waals surface area contributed by atoms with Crippen molar-refractivity contribution in [3.63, 3.8) is 0 Å². The minimum absolute atomic E-state index is 0.0160. The molecule has 5 nitrogen and oxygen atoms in total. The van der Waals surface area contributed by atoms with Crippen molar-refractivity contribution in [1.82, 2.24) is 20.2 Å². The van der Waals surface area contributed by atoms with E-state index in [2.05, 4.69) is 20.2 Å². The first-order valence-electron chi connectivity index (χ1n) is 6.58. The molecule has 2 heterocycles. The number of thioether (sulfide) groups is 1. The zero-order valence-corrected chi connectivity index (χ0v) is 12.5. The highest BCUT2D eigenvalue weighted by Gasteiger charge is 2.14. The SMILES string of the molecule is Cc1cc(=O)[nH]c([C@@H](C)Sc2nncc3ccccc23)n1. The third-order valence-corrected chi connectivity index (χ3v) is 4.20. The summed E-state index contributed by atoms with van der Waals surface area (Å²) >= 11 is 1.54. The molecule has 0 aliphatic rings. The van der Waals surface area contributed by atoms with Crippen molar-refractivity contribution in [1.29, 1.82) is 0 Å². The highest BCUT2D eigenvalue weighted by Crippen LogP contribution is 2.34. The van der Waals surface area contributed by atoms with E-state index in [0.29, 0.717) is 11.5 Å². The molecule has 0 amide bonds. The maximum absolute atomic E-state index is 11.5. The minimum Gasteiger partial charge on any atom is -0.310 e. The van der Waals surface area contributed by atoms with E-state index in [1.165, 1.54) is 17.8 Å². The summed E-state index contributed by atoms with van der Waals surface area (Å²) < 4.78 is 0. The van der Waals surface area contributed by atoms with Gasteiger partial charge in [0.05, 0.1) is 11.4 Å². The Kier molecular flexibility index (Phi) is 3.70. The number of benzene rings is 1. The second-order valence-corrected chi connectivity index (χ2v) is 6.10. The number of hydrogen-bond donors (Lipinski definition) is 1. The fourth-order valence-corrected chi connectivity index (χ4v) is 3.07. The zero-order chi connectivity index (χ0) is 14.8. The molecule has 0 spiro atoms. The molecule has 1 N–H and O–H groups in total. The van der Waals surface area contributed by atoms with Gasteiger partial charge in [-0.3, -0.25) is 4.79 Å². The standard InChI is InChI=1S/C15H14N4OS/c1-9-7-13(20)18-14(17-9)10(2)21-15-12-6-4-3-5-11(12)8-16-19-15/h3-8,10H,1-2H3,(H,17,18,20)/t10-/m1/s1. The van der Waals surface area contributed by atoms with E-state index >= 15 is 0 Å². The smallest absolute Gasteiger partial charge is 0.251 e. The number of H-pyrrole nitrogens is 1. The summed E-state index contributed by atoms with van der Waals surface area (Å²) in [6.07, 6.45) is 1.75. The number of rotatable bonds is 3. The number of aromatic amines is 1. The second kappa shape index (κ2) is 5.65. The highest BCUT2D eigenvalue weighted by atomic mass is 32.2. The lowest BCUT2D eigenvalue weighted by molar-refractivity contribution is 0.874. The number of aryl methyl sites for hydroxylation is 1. The predicted octanol–water partition coefficient (Wildman–Crippen LogP) is 2.87. The van der Waals surface area contributed by atoms with Gasteiger partial charge in [-0.05, 0) is 13.8 Å². The maximum Gasteiger partial charge on any atom is 0.251 e. The van der Waals surface area contributed by atoms with Gasteiger partial charge in [-0.2, -0.15) is 5.10 Å². The zero-order valence-electron chi connectivity index (χ0n) is 11.7. The van der Waals surface area contributed by atoms with Crippen LogP contribution in [0.2, 0.25) is 0 Å². The summed E-state index contributed by atoms with van der Waals surface area (Å²) in [5.41, 5.74) is 0.583. The molecule has 21 heavy (non-hydrogen) atoms. The normalized spacial score (nSPS) is 12.5. The number of hydrogen-bond acceptors (Lipinski definition) is 5. The van der Waals surface area contributed by atoms with Gasteiger partial charge in [-0.15, -0.1) is 5.10 Å². The molecule has 0 radical (unpaired) electrons. The van der Waals surface area contributed by atoms with Gasteiger partial charge in [0.2, 0.25) is 0 Å². The van der Waals surface area contributed by atoms with E-state index in [1.807, 2.05) is 38.1 Å². The van der Waals surface area contributed by atoms with Crippen LogP contribution in [0.5, 0.6) is 0 Å². The van der Waals surface area contributed by atoms with Crippen LogP contribution in [0.15, 0.2) is 46.3 Å². The third kappa shape index (κ3) is 2.95. The first kappa shape index (κ1) is 13.8. The van der Waals surface area contributed by atoms with Crippen molar-refractivity contribution in [2.75, 3.05) is 0 Å². The van der Waals surface area contributed by atoms with Gasteiger partial charge in [0.1, 0.15) is 10.9 Å². The summed E-state index contributed by atoms with van der Waals surface area (Å²) in [6.45, 7) is 3.81. The molecular formula is C15H14N4OS. The molecule has 2 aromatic heterocycles. The molecule has 3 aromatic rings. The van der Waals surface area contributed by atoms with Crippen LogP contribution < -0.4 is 5.56 Å². The lowest BCUT2D eigenvalue weighted by atomic mass is 10.2. The van der Waals surface area contributed by atoms with E-state index < -0.39 is 0 Å². The van der Waals surface area contributed by atoms with Gasteiger partial charge in [0.25, 0.3) is 5.56 Å². The van der Waals surface area contributed by atoms with Gasteiger partial charge in [-0.1, -0.05) is 36.0 Å². The summed E-state index contributed by atoms with van der Waals surface area (Å²) in [5, 5.41) is 11.2. The van der Waals surface area contributed by atoms with E-state index in [0.717, 1.165) is 15.8 Å². The lowest BCUT2D eigenvalue weighted by Crippen LogP contribution is -2.12. The third-order valence-electron chi connectivity index (χ3n) is 3.10. The summed E-state index contributed by atoms with van der Waals surface area (Å²) in [7, 11) is 0. The van der Waals surface area contributed by atoms with Crippen LogP contribution in [0.25, 0.3) is 10.8 Å². The Bertz CT molecular complexity index is 841. The molecule has 0 bridgehead atoms. The van der Waals surface area contributed by atoms with Crippen LogP contribution in [-0.2, 0) is 0 Å². The van der Waals surface area contributed by atoms with Crippen molar-refractivity contribution in [2.45, 2.75) is 24.1 Å². The maximum atomic E-state index is 11.5. The molecule has 6 heteroatoms. The van der Waals surface area contributed by atoms with Crippen LogP contribution in [-0.4, -0.2) is 20.2 Å². The molecular weight excluding hydrogens is 284 g/mol. The second-order valence-electron chi connectivity index (χ2n) is 4.77. The topological polar surface area (TPSA) is 71.5 Å². The van der Waals surface area contributed by atoms with E-state index in [4.69, 9.17) is 0 Å². The Balaban J connectivity index is 1.96. The van der Waals surface area contributed by atoms with Crippen molar-refractivity contribution in [2.24, 2.45) is 0 Å². The highest BCUT2D eigenvalue weighted by molar-refractivity contribution is 7.99. The van der Waals surface area contributed by atoms with E-state index in [-0.39, 0.29) is 10.8 Å². The van der Waals surface area contributed by atoms with Crippen LogP contribution in [0.3, 0.4) is 0 Å². The van der Waals surface area contributed by atoms with Crippen LogP contribution in [0.4, 0.5) is 0 Å². The number of aromatic nitrogens is 4. The Hall–Kier alpha value is -2.21. The monoisotopic (exact) mass is 298 g/mol. The molecule has 0 aliphatic heterocycles.